The molecule has 1 heterocycles. The first-order valence-electron chi connectivity index (χ1n) is 5.24. The Balaban J connectivity index is 2.67. The predicted octanol–water partition coefficient (Wildman–Crippen LogP) is -0.333. The minimum absolute atomic E-state index is 0.0667. The fourth-order valence-corrected chi connectivity index (χ4v) is 1.66. The van der Waals surface area contributed by atoms with E-state index in [0.717, 1.165) is 4.90 Å². The zero-order chi connectivity index (χ0) is 12.5. The molecule has 1 saturated heterocycles. The van der Waals surface area contributed by atoms with Crippen molar-refractivity contribution in [2.75, 3.05) is 6.54 Å². The molecule has 0 spiro atoms. The summed E-state index contributed by atoms with van der Waals surface area (Å²) < 4.78 is 5.10. The fraction of sp³-hybridized carbons (Fsp3) is 0.900. The molecule has 1 fully saturated rings. The normalized spacial score (nSPS) is 26.3. The van der Waals surface area contributed by atoms with Crippen LogP contribution in [0.2, 0.25) is 0 Å². The highest BCUT2D eigenvalue weighted by atomic mass is 16.6. The van der Waals surface area contributed by atoms with Crippen LogP contribution in [0.3, 0.4) is 0 Å². The van der Waals surface area contributed by atoms with Crippen molar-refractivity contribution in [3.05, 3.63) is 0 Å². The van der Waals surface area contributed by atoms with Gasteiger partial charge in [-0.1, -0.05) is 0 Å². The van der Waals surface area contributed by atoms with Gasteiger partial charge in [0.15, 0.2) is 6.29 Å². The molecule has 1 aliphatic heterocycles. The lowest BCUT2D eigenvalue weighted by Gasteiger charge is -2.28. The average Bonchev–Trinajstić information content (AvgIpc) is 2.44. The van der Waals surface area contributed by atoms with Crippen molar-refractivity contribution in [1.82, 2.24) is 4.90 Å². The average molecular weight is 233 g/mol. The second kappa shape index (κ2) is 4.57. The van der Waals surface area contributed by atoms with Gasteiger partial charge in [0.05, 0.1) is 18.7 Å². The lowest BCUT2D eigenvalue weighted by atomic mass is 10.2. The molecule has 16 heavy (non-hydrogen) atoms. The number of carbonyl (C=O) groups is 1. The van der Waals surface area contributed by atoms with Crippen molar-refractivity contribution in [2.45, 2.75) is 51.2 Å². The molecule has 1 amide bonds. The first kappa shape index (κ1) is 13.2. The van der Waals surface area contributed by atoms with Crippen LogP contribution in [-0.2, 0) is 4.74 Å². The van der Waals surface area contributed by atoms with E-state index in [-0.39, 0.29) is 13.0 Å². The molecule has 1 rings (SSSR count). The van der Waals surface area contributed by atoms with Gasteiger partial charge in [-0.25, -0.2) is 4.79 Å². The molecular formula is C10H19NO5. The highest BCUT2D eigenvalue weighted by Gasteiger charge is 2.39. The molecule has 0 aromatic rings. The summed E-state index contributed by atoms with van der Waals surface area (Å²) in [7, 11) is 0. The number of aliphatic hydroxyl groups excluding tert-OH is 2. The number of aliphatic hydroxyl groups is 3. The molecular weight excluding hydrogens is 214 g/mol. The van der Waals surface area contributed by atoms with E-state index in [1.807, 2.05) is 0 Å². The van der Waals surface area contributed by atoms with Gasteiger partial charge >= 0.3 is 6.09 Å². The van der Waals surface area contributed by atoms with Crippen LogP contribution in [0.5, 0.6) is 0 Å². The van der Waals surface area contributed by atoms with E-state index in [0.29, 0.717) is 0 Å². The highest BCUT2D eigenvalue weighted by molar-refractivity contribution is 5.69. The van der Waals surface area contributed by atoms with Gasteiger partial charge in [-0.3, -0.25) is 4.90 Å². The van der Waals surface area contributed by atoms with Crippen molar-refractivity contribution >= 4 is 6.09 Å². The van der Waals surface area contributed by atoms with Crippen molar-refractivity contribution in [1.29, 1.82) is 0 Å². The Kier molecular flexibility index (Phi) is 3.77. The van der Waals surface area contributed by atoms with Crippen molar-refractivity contribution in [2.24, 2.45) is 0 Å². The minimum Gasteiger partial charge on any atom is -0.444 e. The molecule has 0 aliphatic carbocycles. The molecule has 2 unspecified atom stereocenters. The number of carbonyl (C=O) groups excluding carboxylic acids is 1. The summed E-state index contributed by atoms with van der Waals surface area (Å²) in [6.07, 6.45) is -2.89. The van der Waals surface area contributed by atoms with Crippen LogP contribution < -0.4 is 0 Å². The minimum atomic E-state index is -1.66. The van der Waals surface area contributed by atoms with Crippen LogP contribution in [0.1, 0.15) is 27.2 Å². The summed E-state index contributed by atoms with van der Waals surface area (Å²) in [5.41, 5.74) is -0.643. The Hall–Kier alpha value is -0.850. The zero-order valence-electron chi connectivity index (χ0n) is 9.75. The van der Waals surface area contributed by atoms with E-state index in [4.69, 9.17) is 14.9 Å². The smallest absolute Gasteiger partial charge is 0.410 e. The van der Waals surface area contributed by atoms with Gasteiger partial charge in [0, 0.05) is 6.42 Å². The third-order valence-electron chi connectivity index (χ3n) is 2.29. The second-order valence-corrected chi connectivity index (χ2v) is 5.00. The maximum absolute atomic E-state index is 11.7. The topological polar surface area (TPSA) is 90.2 Å². The Morgan fingerprint density at radius 2 is 2.00 bits per heavy atom. The van der Waals surface area contributed by atoms with Crippen LogP contribution in [0.15, 0.2) is 0 Å². The van der Waals surface area contributed by atoms with Gasteiger partial charge < -0.3 is 20.1 Å². The SMILES string of the molecule is CC(C)(C)OC(=O)N1CC(O)CC1C(O)O. The van der Waals surface area contributed by atoms with Gasteiger partial charge in [-0.05, 0) is 20.8 Å². The summed E-state index contributed by atoms with van der Waals surface area (Å²) in [5, 5.41) is 27.6. The van der Waals surface area contributed by atoms with Gasteiger partial charge in [0.1, 0.15) is 5.60 Å². The number of rotatable bonds is 1. The van der Waals surface area contributed by atoms with E-state index < -0.39 is 30.1 Å². The summed E-state index contributed by atoms with van der Waals surface area (Å²) in [6.45, 7) is 5.24. The maximum atomic E-state index is 11.7. The number of amides is 1. The maximum Gasteiger partial charge on any atom is 0.410 e. The quantitative estimate of drug-likeness (QED) is 0.539. The van der Waals surface area contributed by atoms with E-state index >= 15 is 0 Å². The van der Waals surface area contributed by atoms with Crippen LogP contribution >= 0.6 is 0 Å². The van der Waals surface area contributed by atoms with Gasteiger partial charge in [0.2, 0.25) is 0 Å². The third-order valence-corrected chi connectivity index (χ3v) is 2.29. The molecule has 1 aliphatic rings. The third kappa shape index (κ3) is 3.33. The number of β-amino-alcohol motifs (C(OH)–C–C–N with tert-alkyl or cyclic N) is 1. The van der Waals surface area contributed by atoms with Crippen LogP contribution in [0, 0.1) is 0 Å². The van der Waals surface area contributed by atoms with Gasteiger partial charge in [-0.2, -0.15) is 0 Å². The molecule has 0 aromatic carbocycles. The largest absolute Gasteiger partial charge is 0.444 e. The lowest BCUT2D eigenvalue weighted by molar-refractivity contribution is -0.0916. The Bertz CT molecular complexity index is 260. The number of hydrogen-bond acceptors (Lipinski definition) is 5. The Morgan fingerprint density at radius 3 is 2.44 bits per heavy atom. The predicted molar refractivity (Wildman–Crippen MR) is 55.6 cm³/mol. The van der Waals surface area contributed by atoms with Crippen LogP contribution in [0.25, 0.3) is 0 Å². The number of likely N-dealkylation sites (tertiary alicyclic amines) is 1. The zero-order valence-corrected chi connectivity index (χ0v) is 9.75. The summed E-state index contributed by atoms with van der Waals surface area (Å²) in [4.78, 5) is 12.8. The molecule has 0 saturated carbocycles. The number of hydrogen-bond donors (Lipinski definition) is 3. The molecule has 0 aromatic heterocycles. The lowest BCUT2D eigenvalue weighted by Crippen LogP contribution is -2.45. The number of nitrogens with zero attached hydrogens (tertiary/aromatic N) is 1. The van der Waals surface area contributed by atoms with Crippen LogP contribution in [-0.4, -0.2) is 56.9 Å². The highest BCUT2D eigenvalue weighted by Crippen LogP contribution is 2.22. The molecule has 0 bridgehead atoms. The van der Waals surface area contributed by atoms with E-state index in [1.54, 1.807) is 20.8 Å². The fourth-order valence-electron chi connectivity index (χ4n) is 1.66. The molecule has 3 N–H and O–H groups in total. The molecule has 0 radical (unpaired) electrons. The number of ether oxygens (including phenoxy) is 1. The van der Waals surface area contributed by atoms with E-state index in [2.05, 4.69) is 0 Å². The van der Waals surface area contributed by atoms with E-state index in [9.17, 15) is 9.90 Å². The van der Waals surface area contributed by atoms with E-state index in [1.165, 1.54) is 0 Å². The summed E-state index contributed by atoms with van der Waals surface area (Å²) in [5.74, 6) is 0. The van der Waals surface area contributed by atoms with Gasteiger partial charge in [-0.15, -0.1) is 0 Å². The molecule has 6 heteroatoms. The Morgan fingerprint density at radius 1 is 1.44 bits per heavy atom. The van der Waals surface area contributed by atoms with Crippen LogP contribution in [0.4, 0.5) is 4.79 Å². The van der Waals surface area contributed by atoms with Gasteiger partial charge in [0.25, 0.3) is 0 Å². The molecule has 6 nitrogen and oxygen atoms in total. The van der Waals surface area contributed by atoms with Crippen molar-refractivity contribution < 1.29 is 24.9 Å². The molecule has 2 atom stereocenters. The Labute approximate surface area is 94.4 Å². The second-order valence-electron chi connectivity index (χ2n) is 5.00. The summed E-state index contributed by atoms with van der Waals surface area (Å²) in [6, 6.07) is -0.801. The van der Waals surface area contributed by atoms with Crippen molar-refractivity contribution in [3.8, 4) is 0 Å². The first-order valence-corrected chi connectivity index (χ1v) is 5.24. The molecule has 94 valence electrons. The van der Waals surface area contributed by atoms with Crippen molar-refractivity contribution in [3.63, 3.8) is 0 Å². The standard InChI is InChI=1S/C10H19NO5/c1-10(2,3)16-9(15)11-5-6(12)4-7(11)8(13)14/h6-8,12-14H,4-5H2,1-3H3. The first-order chi connectivity index (χ1) is 7.20. The monoisotopic (exact) mass is 233 g/mol. The summed E-state index contributed by atoms with van der Waals surface area (Å²) >= 11 is 0.